The van der Waals surface area contributed by atoms with Gasteiger partial charge in [-0.15, -0.1) is 23.2 Å². The lowest BCUT2D eigenvalue weighted by Crippen LogP contribution is -2.60. The van der Waals surface area contributed by atoms with E-state index in [1.807, 2.05) is 6.08 Å². The molecule has 1 saturated carbocycles. The van der Waals surface area contributed by atoms with Gasteiger partial charge in [-0.2, -0.15) is 0 Å². The largest absolute Gasteiger partial charge is 0.507 e. The number of allylic oxidation sites excluding steroid dienone is 2. The number of imide groups is 2. The normalized spacial score (nSPS) is 33.7. The van der Waals surface area contributed by atoms with Gasteiger partial charge >= 0.3 is 0 Å². The maximum atomic E-state index is 13.9. The summed E-state index contributed by atoms with van der Waals surface area (Å²) in [6, 6.07) is 11.5. The lowest BCUT2D eigenvalue weighted by atomic mass is 9.56. The molecule has 2 saturated heterocycles. The summed E-state index contributed by atoms with van der Waals surface area (Å²) in [5, 5.41) is 11.6. The van der Waals surface area contributed by atoms with Crippen LogP contribution in [0, 0.1) is 24.7 Å². The molecule has 0 spiro atoms. The molecule has 6 rings (SSSR count). The Morgan fingerprint density at radius 3 is 2.36 bits per heavy atom. The van der Waals surface area contributed by atoms with Crippen molar-refractivity contribution in [3.05, 3.63) is 70.3 Å². The number of carbonyl (C=O) groups excluding carboxylic acids is 4. The van der Waals surface area contributed by atoms with Crippen molar-refractivity contribution in [1.82, 2.24) is 4.90 Å². The molecule has 39 heavy (non-hydrogen) atoms. The molecule has 0 aromatic heterocycles. The Hall–Kier alpha value is -2.39. The highest BCUT2D eigenvalue weighted by atomic mass is 79.9. The van der Waals surface area contributed by atoms with Crippen LogP contribution >= 0.6 is 50.7 Å². The highest BCUT2D eigenvalue weighted by molar-refractivity contribution is 9.09. The molecule has 202 valence electrons. The number of para-hydroxylation sites is 1. The molecular formula is C28H22BrCl3N2O5. The van der Waals surface area contributed by atoms with Crippen LogP contribution in [0.4, 0.5) is 5.69 Å². The molecule has 2 aliphatic carbocycles. The predicted octanol–water partition coefficient (Wildman–Crippen LogP) is 5.27. The van der Waals surface area contributed by atoms with Crippen LogP contribution in [0.25, 0.3) is 0 Å². The second kappa shape index (κ2) is 9.06. The average molecular weight is 653 g/mol. The number of phenolic OH excluding ortho intramolecular Hbond substituents is 1. The van der Waals surface area contributed by atoms with Gasteiger partial charge in [0.05, 0.1) is 23.0 Å². The van der Waals surface area contributed by atoms with E-state index >= 15 is 0 Å². The van der Waals surface area contributed by atoms with E-state index in [0.29, 0.717) is 27.4 Å². The summed E-state index contributed by atoms with van der Waals surface area (Å²) in [7, 11) is 0. The number of hydrogen-bond donors (Lipinski definition) is 1. The Morgan fingerprint density at radius 1 is 1.00 bits per heavy atom. The van der Waals surface area contributed by atoms with Crippen molar-refractivity contribution in [1.29, 1.82) is 0 Å². The van der Waals surface area contributed by atoms with Crippen molar-refractivity contribution < 1.29 is 24.3 Å². The van der Waals surface area contributed by atoms with Crippen LogP contribution in [0.15, 0.2) is 54.1 Å². The van der Waals surface area contributed by atoms with Crippen LogP contribution in [0.1, 0.15) is 29.9 Å². The SMILES string of the molecule is Cc1cccc([C@H]2C3=CC[C@@H]4C(=O)N(c5ccc(Cl)cc5)C(=O)[C@@H]4[C@@H]3C[C@@]3(Cl)C(=O)N(CBr)C(=O)[C@@]23Cl)c1O. The quantitative estimate of drug-likeness (QED) is 0.211. The second-order valence-electron chi connectivity index (χ2n) is 10.5. The molecule has 11 heteroatoms. The van der Waals surface area contributed by atoms with Gasteiger partial charge in [0.15, 0.2) is 9.75 Å². The van der Waals surface area contributed by atoms with E-state index in [1.54, 1.807) is 49.4 Å². The molecule has 0 unspecified atom stereocenters. The highest BCUT2D eigenvalue weighted by Crippen LogP contribution is 2.66. The molecule has 2 aliphatic heterocycles. The first-order valence-corrected chi connectivity index (χ1v) is 14.6. The first kappa shape index (κ1) is 26.8. The zero-order chi connectivity index (χ0) is 28.0. The molecule has 4 aliphatic rings. The number of anilines is 1. The van der Waals surface area contributed by atoms with Crippen LogP contribution in [-0.4, -0.2) is 48.8 Å². The standard InChI is InChI=1S/C28H22BrCl3N2O5/c1-13-3-2-4-18(22(13)35)21-16-9-10-17-20(24(37)34(23(17)36)15-7-5-14(30)6-8-15)19(16)11-27(31)25(38)33(12-29)26(39)28(21,27)32/h2-9,17,19-21,35H,10-12H2,1H3/t17-,19+,20-,21+,27+,28-/m0/s1. The number of hydrogen-bond acceptors (Lipinski definition) is 5. The van der Waals surface area contributed by atoms with Gasteiger partial charge in [0, 0.05) is 16.5 Å². The van der Waals surface area contributed by atoms with E-state index in [0.717, 1.165) is 9.80 Å². The Kier molecular flexibility index (Phi) is 6.23. The number of aromatic hydroxyl groups is 1. The molecule has 0 bridgehead atoms. The summed E-state index contributed by atoms with van der Waals surface area (Å²) in [4.78, 5) is 53.2. The third-order valence-corrected chi connectivity index (χ3v) is 10.8. The lowest BCUT2D eigenvalue weighted by Gasteiger charge is -2.50. The molecule has 2 heterocycles. The molecule has 1 N–H and O–H groups in total. The van der Waals surface area contributed by atoms with Crippen molar-refractivity contribution in [2.45, 2.75) is 35.4 Å². The first-order chi connectivity index (χ1) is 18.5. The van der Waals surface area contributed by atoms with E-state index in [4.69, 9.17) is 34.8 Å². The topological polar surface area (TPSA) is 95.0 Å². The third-order valence-electron chi connectivity index (χ3n) is 8.68. The summed E-state index contributed by atoms with van der Waals surface area (Å²) in [5.74, 6) is -5.35. The van der Waals surface area contributed by atoms with Crippen LogP contribution in [0.3, 0.4) is 0 Å². The Bertz CT molecular complexity index is 1500. The molecule has 6 atom stereocenters. The maximum Gasteiger partial charge on any atom is 0.254 e. The summed E-state index contributed by atoms with van der Waals surface area (Å²) in [6.45, 7) is 1.72. The van der Waals surface area contributed by atoms with Gasteiger partial charge < -0.3 is 5.11 Å². The fourth-order valence-corrected chi connectivity index (χ4v) is 8.40. The Labute approximate surface area is 247 Å². The van der Waals surface area contributed by atoms with Gasteiger partial charge in [-0.1, -0.05) is 57.4 Å². The number of aryl methyl sites for hydroxylation is 1. The van der Waals surface area contributed by atoms with E-state index < -0.39 is 51.1 Å². The van der Waals surface area contributed by atoms with Crippen LogP contribution in [0.5, 0.6) is 5.75 Å². The van der Waals surface area contributed by atoms with Gasteiger partial charge in [-0.3, -0.25) is 29.0 Å². The van der Waals surface area contributed by atoms with E-state index in [2.05, 4.69) is 15.9 Å². The van der Waals surface area contributed by atoms with E-state index in [-0.39, 0.29) is 30.0 Å². The first-order valence-electron chi connectivity index (χ1n) is 12.4. The van der Waals surface area contributed by atoms with Crippen molar-refractivity contribution >= 4 is 80.0 Å². The number of carbonyl (C=O) groups is 4. The molecule has 4 amide bonds. The van der Waals surface area contributed by atoms with Crippen molar-refractivity contribution in [2.24, 2.45) is 17.8 Å². The zero-order valence-corrected chi connectivity index (χ0v) is 24.4. The van der Waals surface area contributed by atoms with E-state index in [9.17, 15) is 24.3 Å². The van der Waals surface area contributed by atoms with Gasteiger partial charge in [0.1, 0.15) is 5.75 Å². The summed E-state index contributed by atoms with van der Waals surface area (Å²) in [6.07, 6.45) is 1.96. The third kappa shape index (κ3) is 3.41. The van der Waals surface area contributed by atoms with Crippen molar-refractivity contribution in [3.8, 4) is 5.75 Å². The number of fused-ring (bicyclic) bond motifs is 4. The molecule has 2 aromatic rings. The molecular weight excluding hydrogens is 631 g/mol. The number of phenols is 1. The second-order valence-corrected chi connectivity index (χ2v) is 12.7. The highest BCUT2D eigenvalue weighted by Gasteiger charge is 2.76. The fourth-order valence-electron chi connectivity index (χ4n) is 6.86. The number of rotatable bonds is 3. The molecule has 2 aromatic carbocycles. The number of likely N-dealkylation sites (tertiary alicyclic amines) is 1. The molecule has 0 radical (unpaired) electrons. The minimum Gasteiger partial charge on any atom is -0.507 e. The number of halogens is 4. The monoisotopic (exact) mass is 650 g/mol. The van der Waals surface area contributed by atoms with Crippen LogP contribution in [-0.2, 0) is 19.2 Å². The van der Waals surface area contributed by atoms with Gasteiger partial charge in [0.25, 0.3) is 11.8 Å². The Balaban J connectivity index is 1.53. The predicted molar refractivity (Wildman–Crippen MR) is 150 cm³/mol. The number of amides is 4. The summed E-state index contributed by atoms with van der Waals surface area (Å²) >= 11 is 23.6. The van der Waals surface area contributed by atoms with Gasteiger partial charge in [0.2, 0.25) is 11.8 Å². The number of benzene rings is 2. The number of nitrogens with zero attached hydrogens (tertiary/aromatic N) is 2. The molecule has 3 fully saturated rings. The lowest BCUT2D eigenvalue weighted by molar-refractivity contribution is -0.138. The maximum absolute atomic E-state index is 13.9. The van der Waals surface area contributed by atoms with E-state index in [1.165, 1.54) is 0 Å². The molecule has 7 nitrogen and oxygen atoms in total. The number of alkyl halides is 3. The van der Waals surface area contributed by atoms with Gasteiger partial charge in [-0.05, 0) is 55.5 Å². The minimum absolute atomic E-state index is 0.0700. The van der Waals surface area contributed by atoms with Crippen LogP contribution in [0.2, 0.25) is 5.02 Å². The van der Waals surface area contributed by atoms with Crippen molar-refractivity contribution in [2.75, 3.05) is 10.4 Å². The van der Waals surface area contributed by atoms with Crippen LogP contribution < -0.4 is 4.90 Å². The Morgan fingerprint density at radius 2 is 1.69 bits per heavy atom. The fraction of sp³-hybridized carbons (Fsp3) is 0.357. The van der Waals surface area contributed by atoms with Gasteiger partial charge in [-0.25, -0.2) is 0 Å². The van der Waals surface area contributed by atoms with Crippen molar-refractivity contribution in [3.63, 3.8) is 0 Å². The zero-order valence-electron chi connectivity index (χ0n) is 20.5. The smallest absolute Gasteiger partial charge is 0.254 e. The average Bonchev–Trinajstić information content (AvgIpc) is 3.24. The summed E-state index contributed by atoms with van der Waals surface area (Å²) < 4.78 is 0. The minimum atomic E-state index is -1.96. The summed E-state index contributed by atoms with van der Waals surface area (Å²) in [5.41, 5.74) is 1.81.